The van der Waals surface area contributed by atoms with E-state index in [9.17, 15) is 17.6 Å². The minimum absolute atomic E-state index is 0.0109. The Hall–Kier alpha value is -1.64. The van der Waals surface area contributed by atoms with E-state index in [-0.39, 0.29) is 14.9 Å². The number of benzene rings is 1. The number of hydrogen-bond donors (Lipinski definition) is 0. The van der Waals surface area contributed by atoms with Gasteiger partial charge in [0.15, 0.2) is 5.82 Å². The van der Waals surface area contributed by atoms with Crippen LogP contribution in [0.5, 0.6) is 0 Å². The number of hydrogen-bond acceptors (Lipinski definition) is 4. The maximum Gasteiger partial charge on any atom is 0.344 e. The summed E-state index contributed by atoms with van der Waals surface area (Å²) >= 11 is 11.6. The molecule has 0 spiro atoms. The highest BCUT2D eigenvalue weighted by Crippen LogP contribution is 2.28. The maximum atomic E-state index is 14.1. The Bertz CT molecular complexity index is 879. The van der Waals surface area contributed by atoms with Crippen molar-refractivity contribution in [2.45, 2.75) is 23.8 Å². The molecule has 0 fully saturated rings. The zero-order valence-corrected chi connectivity index (χ0v) is 15.2. The summed E-state index contributed by atoms with van der Waals surface area (Å²) in [4.78, 5) is 13.3. The topological polar surface area (TPSA) is 72.3 Å². The number of nitrogens with zero attached hydrogens (tertiary/aromatic N) is 3. The van der Waals surface area contributed by atoms with Crippen molar-refractivity contribution in [2.75, 3.05) is 13.1 Å². The number of rotatable bonds is 4. The summed E-state index contributed by atoms with van der Waals surface area (Å²) in [6, 6.07) is 2.96. The molecule has 0 atom stereocenters. The molecule has 1 heterocycles. The summed E-state index contributed by atoms with van der Waals surface area (Å²) in [6.45, 7) is 4.25. The molecule has 2 aromatic rings. The minimum Gasteiger partial charge on any atom is -0.323 e. The molecule has 1 aromatic carbocycles. The monoisotopic (exact) mass is 393 g/mol. The first kappa shape index (κ1) is 18.7. The Labute approximate surface area is 148 Å². The smallest absolute Gasteiger partial charge is 0.323 e. The van der Waals surface area contributed by atoms with Crippen molar-refractivity contribution in [2.24, 2.45) is 0 Å². The highest BCUT2D eigenvalue weighted by atomic mass is 35.5. The molecule has 10 heteroatoms. The van der Waals surface area contributed by atoms with E-state index in [4.69, 9.17) is 23.2 Å². The second-order valence-electron chi connectivity index (χ2n) is 4.76. The van der Waals surface area contributed by atoms with E-state index in [1.165, 1.54) is 17.0 Å². The number of sulfone groups is 1. The van der Waals surface area contributed by atoms with Crippen LogP contribution in [0.2, 0.25) is 10.0 Å². The molecule has 6 nitrogen and oxygen atoms in total. The fourth-order valence-electron chi connectivity index (χ4n) is 2.01. The third kappa shape index (κ3) is 3.40. The summed E-state index contributed by atoms with van der Waals surface area (Å²) in [7, 11) is -4.28. The predicted octanol–water partition coefficient (Wildman–Crippen LogP) is 3.47. The van der Waals surface area contributed by atoms with Gasteiger partial charge in [0.25, 0.3) is 0 Å². The van der Waals surface area contributed by atoms with E-state index in [0.717, 1.165) is 12.3 Å². The van der Waals surface area contributed by atoms with Crippen LogP contribution in [0, 0.1) is 5.82 Å². The average molecular weight is 394 g/mol. The van der Waals surface area contributed by atoms with E-state index in [2.05, 4.69) is 5.10 Å². The Balaban J connectivity index is 2.49. The van der Waals surface area contributed by atoms with Crippen LogP contribution in [-0.2, 0) is 9.84 Å². The van der Waals surface area contributed by atoms with Gasteiger partial charge in [-0.2, -0.15) is 4.68 Å². The number of carbonyl (C=O) groups is 1. The molecule has 2 rings (SSSR count). The van der Waals surface area contributed by atoms with Crippen molar-refractivity contribution < 1.29 is 17.6 Å². The van der Waals surface area contributed by atoms with E-state index in [1.807, 2.05) is 0 Å². The van der Waals surface area contributed by atoms with Gasteiger partial charge in [0.05, 0.1) is 21.1 Å². The van der Waals surface area contributed by atoms with Crippen molar-refractivity contribution in [3.8, 4) is 0 Å². The van der Waals surface area contributed by atoms with Crippen molar-refractivity contribution >= 4 is 39.1 Å². The van der Waals surface area contributed by atoms with Crippen LogP contribution in [-0.4, -0.2) is 42.2 Å². The van der Waals surface area contributed by atoms with E-state index in [0.29, 0.717) is 17.8 Å². The lowest BCUT2D eigenvalue weighted by Crippen LogP contribution is -2.34. The van der Waals surface area contributed by atoms with Crippen molar-refractivity contribution in [3.05, 3.63) is 40.3 Å². The molecular formula is C14H14Cl2FN3O3S. The molecular weight excluding hydrogens is 380 g/mol. The number of aromatic nitrogens is 2. The number of halogens is 3. The standard InChI is InChI=1S/C14H14Cl2FN3O3S/c1-3-19(4-2)14(21)20-8-12(17)13(18-20)24(22,23)9-5-6-10(15)11(16)7-9/h5-8H,3-4H2,1-2H3. The lowest BCUT2D eigenvalue weighted by Gasteiger charge is -2.17. The van der Waals surface area contributed by atoms with Crippen molar-refractivity contribution in [1.82, 2.24) is 14.7 Å². The quantitative estimate of drug-likeness (QED) is 0.796. The molecule has 24 heavy (non-hydrogen) atoms. The van der Waals surface area contributed by atoms with Gasteiger partial charge in [-0.05, 0) is 32.0 Å². The van der Waals surface area contributed by atoms with E-state index < -0.39 is 26.7 Å². The molecule has 0 saturated carbocycles. The molecule has 0 saturated heterocycles. The van der Waals surface area contributed by atoms with Crippen molar-refractivity contribution in [3.63, 3.8) is 0 Å². The Morgan fingerprint density at radius 1 is 1.25 bits per heavy atom. The molecule has 0 unspecified atom stereocenters. The van der Waals surface area contributed by atoms with Gasteiger partial charge in [-0.1, -0.05) is 23.2 Å². The highest BCUT2D eigenvalue weighted by Gasteiger charge is 2.28. The fourth-order valence-corrected chi connectivity index (χ4v) is 3.62. The fraction of sp³-hybridized carbons (Fsp3) is 0.286. The molecule has 1 aromatic heterocycles. The van der Waals surface area contributed by atoms with Gasteiger partial charge in [0, 0.05) is 13.1 Å². The van der Waals surface area contributed by atoms with Crippen LogP contribution in [0.15, 0.2) is 34.3 Å². The summed E-state index contributed by atoms with van der Waals surface area (Å²) in [6.07, 6.45) is 0.741. The molecule has 0 aliphatic carbocycles. The molecule has 0 bridgehead atoms. The van der Waals surface area contributed by atoms with Crippen molar-refractivity contribution in [1.29, 1.82) is 0 Å². The molecule has 130 valence electrons. The number of carbonyl (C=O) groups excluding carboxylic acids is 1. The first-order valence-corrected chi connectivity index (χ1v) is 9.20. The average Bonchev–Trinajstić information content (AvgIpc) is 2.93. The van der Waals surface area contributed by atoms with Crippen LogP contribution in [0.1, 0.15) is 13.8 Å². The van der Waals surface area contributed by atoms with Gasteiger partial charge in [0.1, 0.15) is 0 Å². The Morgan fingerprint density at radius 3 is 2.42 bits per heavy atom. The molecule has 0 radical (unpaired) electrons. The molecule has 0 N–H and O–H groups in total. The van der Waals surface area contributed by atoms with Gasteiger partial charge < -0.3 is 4.90 Å². The van der Waals surface area contributed by atoms with E-state index >= 15 is 0 Å². The van der Waals surface area contributed by atoms with Crippen LogP contribution < -0.4 is 0 Å². The SMILES string of the molecule is CCN(CC)C(=O)n1cc(F)c(S(=O)(=O)c2ccc(Cl)c(Cl)c2)n1. The predicted molar refractivity (Wildman–Crippen MR) is 87.8 cm³/mol. The third-order valence-corrected chi connectivity index (χ3v) is 5.72. The summed E-state index contributed by atoms with van der Waals surface area (Å²) < 4.78 is 39.8. The van der Waals surface area contributed by atoms with Gasteiger partial charge in [-0.25, -0.2) is 17.6 Å². The highest BCUT2D eigenvalue weighted by molar-refractivity contribution is 7.91. The first-order valence-electron chi connectivity index (χ1n) is 6.97. The second-order valence-corrected chi connectivity index (χ2v) is 7.44. The van der Waals surface area contributed by atoms with Gasteiger partial charge in [-0.15, -0.1) is 5.10 Å². The van der Waals surface area contributed by atoms with Crippen LogP contribution in [0.25, 0.3) is 0 Å². The summed E-state index contributed by atoms with van der Waals surface area (Å²) in [5.74, 6) is -1.12. The lowest BCUT2D eigenvalue weighted by atomic mass is 10.4. The van der Waals surface area contributed by atoms with Gasteiger partial charge in [0.2, 0.25) is 14.9 Å². The van der Waals surface area contributed by atoms with Crippen LogP contribution in [0.3, 0.4) is 0 Å². The Morgan fingerprint density at radius 2 is 1.88 bits per heavy atom. The molecule has 1 amide bonds. The zero-order valence-electron chi connectivity index (χ0n) is 12.8. The molecule has 0 aliphatic rings. The maximum absolute atomic E-state index is 14.1. The normalized spacial score (nSPS) is 11.5. The zero-order chi connectivity index (χ0) is 18.1. The number of amides is 1. The van der Waals surface area contributed by atoms with E-state index in [1.54, 1.807) is 13.8 Å². The van der Waals surface area contributed by atoms with Crippen LogP contribution in [0.4, 0.5) is 9.18 Å². The summed E-state index contributed by atoms with van der Waals surface area (Å²) in [5.41, 5.74) is 0. The lowest BCUT2D eigenvalue weighted by molar-refractivity contribution is 0.201. The van der Waals surface area contributed by atoms with Gasteiger partial charge in [-0.3, -0.25) is 0 Å². The third-order valence-electron chi connectivity index (χ3n) is 3.32. The molecule has 0 aliphatic heterocycles. The second kappa shape index (κ2) is 7.08. The first-order chi connectivity index (χ1) is 11.2. The van der Waals surface area contributed by atoms with Crippen LogP contribution >= 0.6 is 23.2 Å². The Kier molecular flexibility index (Phi) is 5.52. The minimum atomic E-state index is -4.28. The summed E-state index contributed by atoms with van der Waals surface area (Å²) in [5, 5.41) is 2.94. The van der Waals surface area contributed by atoms with Gasteiger partial charge >= 0.3 is 6.03 Å². The largest absolute Gasteiger partial charge is 0.344 e.